The van der Waals surface area contributed by atoms with Crippen molar-refractivity contribution in [1.29, 1.82) is 0 Å². The number of halogens is 3. The topological polar surface area (TPSA) is 106 Å². The number of nitrogens with one attached hydrogen (secondary N) is 2. The van der Waals surface area contributed by atoms with Gasteiger partial charge in [0, 0.05) is 29.4 Å². The average Bonchev–Trinajstić information content (AvgIpc) is 3.23. The Balaban J connectivity index is 1.44. The SMILES string of the molecule is O=C(NCC(F)(F)F)c1ccc(S(=O)(=O)Nc2ccn(Cc3cccc4cccnc34)n2)cc1. The van der Waals surface area contributed by atoms with Gasteiger partial charge in [-0.15, -0.1) is 0 Å². The number of benzene rings is 2. The Kier molecular flexibility index (Phi) is 6.24. The number of aromatic nitrogens is 3. The summed E-state index contributed by atoms with van der Waals surface area (Å²) in [5.74, 6) is -0.879. The van der Waals surface area contributed by atoms with Gasteiger partial charge in [0.1, 0.15) is 6.54 Å². The molecule has 8 nitrogen and oxygen atoms in total. The molecule has 2 aromatic carbocycles. The number of carbonyl (C=O) groups is 1. The molecule has 2 aromatic heterocycles. The summed E-state index contributed by atoms with van der Waals surface area (Å²) in [4.78, 5) is 16.0. The second-order valence-corrected chi connectivity index (χ2v) is 9.00. The van der Waals surface area contributed by atoms with Crippen molar-refractivity contribution in [2.45, 2.75) is 17.6 Å². The smallest absolute Gasteiger partial charge is 0.343 e. The van der Waals surface area contributed by atoms with Gasteiger partial charge in [0.2, 0.25) is 0 Å². The van der Waals surface area contributed by atoms with E-state index in [1.807, 2.05) is 30.3 Å². The molecule has 0 spiro atoms. The van der Waals surface area contributed by atoms with Gasteiger partial charge in [-0.1, -0.05) is 24.3 Å². The molecule has 0 radical (unpaired) electrons. The number of rotatable bonds is 7. The number of amides is 1. The highest BCUT2D eigenvalue weighted by Crippen LogP contribution is 2.19. The Morgan fingerprint density at radius 3 is 2.47 bits per heavy atom. The predicted octanol–water partition coefficient (Wildman–Crippen LogP) is 3.57. The van der Waals surface area contributed by atoms with Crippen LogP contribution in [0.25, 0.3) is 10.9 Å². The van der Waals surface area contributed by atoms with Gasteiger partial charge in [-0.25, -0.2) is 8.42 Å². The first-order valence-corrected chi connectivity index (χ1v) is 11.4. The molecule has 0 unspecified atom stereocenters. The van der Waals surface area contributed by atoms with Crippen LogP contribution < -0.4 is 10.0 Å². The molecule has 4 rings (SSSR count). The monoisotopic (exact) mass is 489 g/mol. The van der Waals surface area contributed by atoms with E-state index in [0.29, 0.717) is 6.54 Å². The van der Waals surface area contributed by atoms with Gasteiger partial charge >= 0.3 is 6.18 Å². The number of hydrogen-bond acceptors (Lipinski definition) is 5. The van der Waals surface area contributed by atoms with E-state index in [9.17, 15) is 26.4 Å². The number of para-hydroxylation sites is 1. The fourth-order valence-electron chi connectivity index (χ4n) is 3.24. The molecule has 0 saturated carbocycles. The van der Waals surface area contributed by atoms with Gasteiger partial charge in [-0.3, -0.25) is 19.2 Å². The summed E-state index contributed by atoms with van der Waals surface area (Å²) >= 11 is 0. The van der Waals surface area contributed by atoms with Crippen molar-refractivity contribution < 1.29 is 26.4 Å². The summed E-state index contributed by atoms with van der Waals surface area (Å²) in [6.07, 6.45) is -1.23. The summed E-state index contributed by atoms with van der Waals surface area (Å²) in [5.41, 5.74) is 1.63. The normalized spacial score (nSPS) is 12.0. The van der Waals surface area contributed by atoms with Crippen molar-refractivity contribution in [3.63, 3.8) is 0 Å². The van der Waals surface area contributed by atoms with Gasteiger partial charge in [0.15, 0.2) is 5.82 Å². The highest BCUT2D eigenvalue weighted by atomic mass is 32.2. The lowest BCUT2D eigenvalue weighted by atomic mass is 10.1. The molecule has 0 aliphatic carbocycles. The van der Waals surface area contributed by atoms with Gasteiger partial charge in [-0.05, 0) is 35.9 Å². The van der Waals surface area contributed by atoms with E-state index < -0.39 is 28.7 Å². The van der Waals surface area contributed by atoms with Crippen molar-refractivity contribution in [2.75, 3.05) is 11.3 Å². The fraction of sp³-hybridized carbons (Fsp3) is 0.136. The van der Waals surface area contributed by atoms with Crippen molar-refractivity contribution in [3.05, 3.63) is 84.2 Å². The van der Waals surface area contributed by atoms with Crippen LogP contribution in [-0.2, 0) is 16.6 Å². The second kappa shape index (κ2) is 9.14. The molecule has 0 atom stereocenters. The zero-order chi connectivity index (χ0) is 24.3. The van der Waals surface area contributed by atoms with Crippen molar-refractivity contribution in [3.8, 4) is 0 Å². The first-order valence-electron chi connectivity index (χ1n) is 9.95. The number of fused-ring (bicyclic) bond motifs is 1. The number of pyridine rings is 1. The minimum atomic E-state index is -4.55. The highest BCUT2D eigenvalue weighted by Gasteiger charge is 2.28. The lowest BCUT2D eigenvalue weighted by molar-refractivity contribution is -0.123. The van der Waals surface area contributed by atoms with E-state index >= 15 is 0 Å². The lowest BCUT2D eigenvalue weighted by Crippen LogP contribution is -2.33. The maximum atomic E-state index is 12.7. The molecule has 0 saturated heterocycles. The van der Waals surface area contributed by atoms with Crippen molar-refractivity contribution in [2.24, 2.45) is 0 Å². The van der Waals surface area contributed by atoms with Gasteiger partial charge < -0.3 is 5.32 Å². The van der Waals surface area contributed by atoms with Crippen molar-refractivity contribution >= 4 is 32.7 Å². The first-order chi connectivity index (χ1) is 16.1. The number of carbonyl (C=O) groups excluding carboxylic acids is 1. The van der Waals surface area contributed by atoms with Crippen molar-refractivity contribution in [1.82, 2.24) is 20.1 Å². The summed E-state index contributed by atoms with van der Waals surface area (Å²) in [6, 6.07) is 15.6. The number of alkyl halides is 3. The van der Waals surface area contributed by atoms with Gasteiger partial charge in [-0.2, -0.15) is 18.3 Å². The molecular formula is C22H18F3N5O3S. The minimum Gasteiger partial charge on any atom is -0.343 e. The largest absolute Gasteiger partial charge is 0.405 e. The molecule has 0 bridgehead atoms. The third kappa shape index (κ3) is 5.52. The van der Waals surface area contributed by atoms with E-state index in [1.54, 1.807) is 22.4 Å². The van der Waals surface area contributed by atoms with Crippen LogP contribution in [0.5, 0.6) is 0 Å². The van der Waals surface area contributed by atoms with E-state index in [0.717, 1.165) is 40.7 Å². The summed E-state index contributed by atoms with van der Waals surface area (Å²) in [6.45, 7) is -1.11. The molecule has 12 heteroatoms. The Hall–Kier alpha value is -3.93. The number of hydrogen-bond donors (Lipinski definition) is 2. The van der Waals surface area contributed by atoms with Crippen LogP contribution >= 0.6 is 0 Å². The van der Waals surface area contributed by atoms with E-state index in [1.165, 1.54) is 6.07 Å². The van der Waals surface area contributed by atoms with Gasteiger partial charge in [0.25, 0.3) is 15.9 Å². The predicted molar refractivity (Wildman–Crippen MR) is 119 cm³/mol. The number of anilines is 1. The Labute approximate surface area is 192 Å². The van der Waals surface area contributed by atoms with Crippen LogP contribution in [0.15, 0.2) is 78.0 Å². The molecule has 0 fully saturated rings. The Bertz CT molecular complexity index is 1430. The summed E-state index contributed by atoms with van der Waals surface area (Å²) in [7, 11) is -4.04. The molecule has 2 heterocycles. The molecule has 34 heavy (non-hydrogen) atoms. The quantitative estimate of drug-likeness (QED) is 0.413. The standard InChI is InChI=1S/C22H18F3N5O3S/c23-22(24,25)14-27-21(31)16-6-8-18(9-7-16)34(32,33)29-19-10-12-30(28-19)13-17-4-1-3-15-5-2-11-26-20(15)17/h1-12H,13-14H2,(H,27,31)(H,28,29). The van der Waals surface area contributed by atoms with Crippen LogP contribution in [0, 0.1) is 0 Å². The summed E-state index contributed by atoms with van der Waals surface area (Å²) < 4.78 is 66.0. The molecule has 0 aliphatic rings. The van der Waals surface area contributed by atoms with Gasteiger partial charge in [0.05, 0.1) is 17.0 Å². The lowest BCUT2D eigenvalue weighted by Gasteiger charge is -2.09. The minimum absolute atomic E-state index is 0.0835. The number of sulfonamides is 1. The molecule has 4 aromatic rings. The first kappa shape index (κ1) is 23.2. The maximum Gasteiger partial charge on any atom is 0.405 e. The van der Waals surface area contributed by atoms with Crippen LogP contribution in [0.3, 0.4) is 0 Å². The van der Waals surface area contributed by atoms with Crippen LogP contribution in [0.2, 0.25) is 0 Å². The zero-order valence-corrected chi connectivity index (χ0v) is 18.3. The van der Waals surface area contributed by atoms with Crippen LogP contribution in [0.4, 0.5) is 19.0 Å². The Morgan fingerprint density at radius 2 is 1.74 bits per heavy atom. The third-order valence-corrected chi connectivity index (χ3v) is 6.18. The van der Waals surface area contributed by atoms with E-state index in [2.05, 4.69) is 14.8 Å². The molecule has 1 amide bonds. The second-order valence-electron chi connectivity index (χ2n) is 7.32. The van der Waals surface area contributed by atoms with E-state index in [4.69, 9.17) is 0 Å². The molecular weight excluding hydrogens is 471 g/mol. The molecule has 176 valence electrons. The highest BCUT2D eigenvalue weighted by molar-refractivity contribution is 7.92. The molecule has 2 N–H and O–H groups in total. The van der Waals surface area contributed by atoms with E-state index in [-0.39, 0.29) is 16.3 Å². The fourth-order valence-corrected chi connectivity index (χ4v) is 4.23. The summed E-state index contributed by atoms with van der Waals surface area (Å²) in [5, 5.41) is 6.94. The third-order valence-electron chi connectivity index (χ3n) is 4.80. The average molecular weight is 489 g/mol. The zero-order valence-electron chi connectivity index (χ0n) is 17.5. The maximum absolute atomic E-state index is 12.7. The number of nitrogens with zero attached hydrogens (tertiary/aromatic N) is 3. The van der Waals surface area contributed by atoms with Crippen LogP contribution in [-0.4, -0.2) is 41.8 Å². The molecule has 0 aliphatic heterocycles. The van der Waals surface area contributed by atoms with Crippen LogP contribution in [0.1, 0.15) is 15.9 Å². The Morgan fingerprint density at radius 1 is 1.00 bits per heavy atom.